The van der Waals surface area contributed by atoms with Gasteiger partial charge in [0.1, 0.15) is 0 Å². The molecule has 17 heavy (non-hydrogen) atoms. The second kappa shape index (κ2) is 8.76. The molecule has 1 aliphatic rings. The lowest BCUT2D eigenvalue weighted by Gasteiger charge is -2.23. The van der Waals surface area contributed by atoms with Gasteiger partial charge in [0.05, 0.1) is 12.5 Å². The van der Waals surface area contributed by atoms with Crippen molar-refractivity contribution in [2.45, 2.75) is 39.0 Å². The largest absolute Gasteiger partial charge is 0.381 e. The zero-order valence-corrected chi connectivity index (χ0v) is 11.5. The van der Waals surface area contributed by atoms with Gasteiger partial charge in [-0.15, -0.1) is 11.6 Å². The highest BCUT2D eigenvalue weighted by Crippen LogP contribution is 2.15. The van der Waals surface area contributed by atoms with Crippen molar-refractivity contribution in [2.24, 2.45) is 11.8 Å². The third-order valence-electron chi connectivity index (χ3n) is 3.31. The first-order valence-corrected chi connectivity index (χ1v) is 7.22. The van der Waals surface area contributed by atoms with Crippen molar-refractivity contribution in [3.8, 4) is 0 Å². The lowest BCUT2D eigenvalue weighted by Crippen LogP contribution is -2.38. The van der Waals surface area contributed by atoms with Crippen molar-refractivity contribution in [2.75, 3.05) is 25.6 Å². The van der Waals surface area contributed by atoms with Crippen LogP contribution in [0.5, 0.6) is 0 Å². The van der Waals surface area contributed by atoms with Crippen LogP contribution in [-0.2, 0) is 9.53 Å². The Labute approximate surface area is 109 Å². The number of hydrogen-bond donors (Lipinski definition) is 1. The van der Waals surface area contributed by atoms with E-state index in [0.29, 0.717) is 18.4 Å². The third-order valence-corrected chi connectivity index (χ3v) is 3.53. The molecule has 0 saturated carbocycles. The molecule has 0 aliphatic carbocycles. The summed E-state index contributed by atoms with van der Waals surface area (Å²) in [5, 5.41) is 3.04. The van der Waals surface area contributed by atoms with Gasteiger partial charge in [0.2, 0.25) is 5.91 Å². The molecule has 1 fully saturated rings. The van der Waals surface area contributed by atoms with Crippen LogP contribution in [-0.4, -0.2) is 31.5 Å². The topological polar surface area (TPSA) is 38.3 Å². The fourth-order valence-electron chi connectivity index (χ4n) is 2.25. The SMILES string of the molecule is CCCC(CCCl)CNC(=O)C1CCCOC1. The number of hydrogen-bond acceptors (Lipinski definition) is 2. The molecule has 3 nitrogen and oxygen atoms in total. The number of carbonyl (C=O) groups excluding carboxylic acids is 1. The van der Waals surface area contributed by atoms with E-state index >= 15 is 0 Å². The van der Waals surface area contributed by atoms with Crippen LogP contribution in [0.4, 0.5) is 0 Å². The van der Waals surface area contributed by atoms with Crippen LogP contribution < -0.4 is 5.32 Å². The highest BCUT2D eigenvalue weighted by Gasteiger charge is 2.22. The fraction of sp³-hybridized carbons (Fsp3) is 0.923. The summed E-state index contributed by atoms with van der Waals surface area (Å²) in [4.78, 5) is 11.9. The molecule has 0 radical (unpaired) electrons. The number of carbonyl (C=O) groups is 1. The summed E-state index contributed by atoms with van der Waals surface area (Å²) in [6.45, 7) is 4.31. The molecule has 0 aromatic heterocycles. The lowest BCUT2D eigenvalue weighted by atomic mass is 9.98. The van der Waals surface area contributed by atoms with Crippen LogP contribution in [0.3, 0.4) is 0 Å². The first-order valence-electron chi connectivity index (χ1n) is 6.69. The molecule has 2 atom stereocenters. The fourth-order valence-corrected chi connectivity index (χ4v) is 2.56. The van der Waals surface area contributed by atoms with Gasteiger partial charge in [-0.2, -0.15) is 0 Å². The van der Waals surface area contributed by atoms with Gasteiger partial charge in [0.25, 0.3) is 0 Å². The van der Waals surface area contributed by atoms with Gasteiger partial charge in [0.15, 0.2) is 0 Å². The van der Waals surface area contributed by atoms with Crippen LogP contribution in [0.15, 0.2) is 0 Å². The molecule has 0 aromatic carbocycles. The van der Waals surface area contributed by atoms with Gasteiger partial charge in [-0.25, -0.2) is 0 Å². The summed E-state index contributed by atoms with van der Waals surface area (Å²) >= 11 is 5.76. The summed E-state index contributed by atoms with van der Waals surface area (Å²) in [5.41, 5.74) is 0. The Morgan fingerprint density at radius 2 is 2.35 bits per heavy atom. The Hall–Kier alpha value is -0.280. The van der Waals surface area contributed by atoms with Crippen LogP contribution in [0, 0.1) is 11.8 Å². The molecule has 1 saturated heterocycles. The molecule has 1 rings (SSSR count). The van der Waals surface area contributed by atoms with E-state index in [1.807, 2.05) is 0 Å². The van der Waals surface area contributed by atoms with Crippen LogP contribution in [0.25, 0.3) is 0 Å². The van der Waals surface area contributed by atoms with E-state index in [9.17, 15) is 4.79 Å². The molecule has 1 aliphatic heterocycles. The Morgan fingerprint density at radius 3 is 2.94 bits per heavy atom. The summed E-state index contributed by atoms with van der Waals surface area (Å²) < 4.78 is 5.32. The zero-order chi connectivity index (χ0) is 12.5. The summed E-state index contributed by atoms with van der Waals surface area (Å²) in [6.07, 6.45) is 5.22. The number of halogens is 1. The van der Waals surface area contributed by atoms with Crippen molar-refractivity contribution in [3.05, 3.63) is 0 Å². The Kier molecular flexibility index (Phi) is 7.62. The maximum absolute atomic E-state index is 11.9. The second-order valence-electron chi connectivity index (χ2n) is 4.79. The Balaban J connectivity index is 2.24. The first kappa shape index (κ1) is 14.8. The smallest absolute Gasteiger partial charge is 0.225 e. The minimum absolute atomic E-state index is 0.0574. The highest BCUT2D eigenvalue weighted by atomic mass is 35.5. The minimum atomic E-state index is 0.0574. The number of nitrogens with one attached hydrogen (secondary N) is 1. The van der Waals surface area contributed by atoms with Gasteiger partial charge >= 0.3 is 0 Å². The van der Waals surface area contributed by atoms with Gasteiger partial charge in [0, 0.05) is 19.0 Å². The molecular weight excluding hydrogens is 238 g/mol. The minimum Gasteiger partial charge on any atom is -0.381 e. The molecule has 4 heteroatoms. The van der Waals surface area contributed by atoms with E-state index in [-0.39, 0.29) is 11.8 Å². The Bertz CT molecular complexity index is 211. The first-order chi connectivity index (χ1) is 8.27. The quantitative estimate of drug-likeness (QED) is 0.716. The van der Waals surface area contributed by atoms with E-state index in [1.54, 1.807) is 0 Å². The van der Waals surface area contributed by atoms with Gasteiger partial charge in [-0.3, -0.25) is 4.79 Å². The lowest BCUT2D eigenvalue weighted by molar-refractivity contribution is -0.129. The maximum Gasteiger partial charge on any atom is 0.225 e. The average Bonchev–Trinajstić information content (AvgIpc) is 2.37. The van der Waals surface area contributed by atoms with E-state index < -0.39 is 0 Å². The average molecular weight is 262 g/mol. The monoisotopic (exact) mass is 261 g/mol. The summed E-state index contributed by atoms with van der Waals surface area (Å²) in [6, 6.07) is 0. The summed E-state index contributed by atoms with van der Waals surface area (Å²) in [5.74, 6) is 1.40. The Morgan fingerprint density at radius 1 is 1.53 bits per heavy atom. The van der Waals surface area contributed by atoms with Crippen LogP contribution >= 0.6 is 11.6 Å². The van der Waals surface area contributed by atoms with E-state index in [4.69, 9.17) is 16.3 Å². The number of rotatable bonds is 7. The van der Waals surface area contributed by atoms with Gasteiger partial charge in [-0.05, 0) is 31.6 Å². The molecule has 1 amide bonds. The molecule has 0 spiro atoms. The van der Waals surface area contributed by atoms with Gasteiger partial charge in [-0.1, -0.05) is 13.3 Å². The zero-order valence-electron chi connectivity index (χ0n) is 10.7. The van der Waals surface area contributed by atoms with Gasteiger partial charge < -0.3 is 10.1 Å². The van der Waals surface area contributed by atoms with Crippen molar-refractivity contribution >= 4 is 17.5 Å². The predicted molar refractivity (Wildman–Crippen MR) is 70.3 cm³/mol. The van der Waals surface area contributed by atoms with Crippen LogP contribution in [0.2, 0.25) is 0 Å². The molecular formula is C13H24ClNO2. The number of amides is 1. The van der Waals surface area contributed by atoms with Crippen molar-refractivity contribution in [1.29, 1.82) is 0 Å². The normalized spacial score (nSPS) is 22.1. The predicted octanol–water partition coefficient (Wildman–Crippen LogP) is 2.57. The highest BCUT2D eigenvalue weighted by molar-refractivity contribution is 6.17. The van der Waals surface area contributed by atoms with E-state index in [2.05, 4.69) is 12.2 Å². The molecule has 100 valence electrons. The second-order valence-corrected chi connectivity index (χ2v) is 5.17. The molecule has 2 unspecified atom stereocenters. The van der Waals surface area contributed by atoms with Crippen molar-refractivity contribution in [1.82, 2.24) is 5.32 Å². The van der Waals surface area contributed by atoms with Crippen LogP contribution in [0.1, 0.15) is 39.0 Å². The number of ether oxygens (including phenoxy) is 1. The molecule has 1 N–H and O–H groups in total. The molecule has 1 heterocycles. The van der Waals surface area contributed by atoms with E-state index in [0.717, 1.165) is 45.3 Å². The standard InChI is InChI=1S/C13H24ClNO2/c1-2-4-11(6-7-14)9-15-13(16)12-5-3-8-17-10-12/h11-12H,2-10H2,1H3,(H,15,16). The molecule has 0 bridgehead atoms. The van der Waals surface area contributed by atoms with Crippen molar-refractivity contribution < 1.29 is 9.53 Å². The van der Waals surface area contributed by atoms with Crippen molar-refractivity contribution in [3.63, 3.8) is 0 Å². The number of alkyl halides is 1. The third kappa shape index (κ3) is 5.73. The summed E-state index contributed by atoms with van der Waals surface area (Å²) in [7, 11) is 0. The molecule has 0 aromatic rings. The maximum atomic E-state index is 11.9. The van der Waals surface area contributed by atoms with E-state index in [1.165, 1.54) is 0 Å².